The Balaban J connectivity index is 2.11. The summed E-state index contributed by atoms with van der Waals surface area (Å²) >= 11 is 0. The van der Waals surface area contributed by atoms with Crippen LogP contribution < -0.4 is 4.74 Å². The number of hydrogen-bond acceptors (Lipinski definition) is 5. The number of carbonyl (C=O) groups excluding carboxylic acids is 2. The molecule has 1 saturated heterocycles. The van der Waals surface area contributed by atoms with Gasteiger partial charge in [0.05, 0.1) is 18.2 Å². The first-order chi connectivity index (χ1) is 14.5. The van der Waals surface area contributed by atoms with Gasteiger partial charge in [-0.1, -0.05) is 44.0 Å². The Hall–Kier alpha value is -3.28. The van der Waals surface area contributed by atoms with Crippen LogP contribution in [0.1, 0.15) is 50.3 Å². The monoisotopic (exact) mass is 409 g/mol. The second kappa shape index (κ2) is 9.48. The van der Waals surface area contributed by atoms with Gasteiger partial charge >= 0.3 is 0 Å². The van der Waals surface area contributed by atoms with Crippen LogP contribution in [0.5, 0.6) is 11.5 Å². The maximum atomic E-state index is 12.9. The Morgan fingerprint density at radius 1 is 1.07 bits per heavy atom. The molecule has 1 amide bonds. The van der Waals surface area contributed by atoms with Gasteiger partial charge in [-0.2, -0.15) is 0 Å². The van der Waals surface area contributed by atoms with Crippen LogP contribution in [0.4, 0.5) is 0 Å². The topological polar surface area (TPSA) is 87.1 Å². The summed E-state index contributed by atoms with van der Waals surface area (Å²) in [4.78, 5) is 27.3. The van der Waals surface area contributed by atoms with E-state index in [1.54, 1.807) is 36.4 Å². The van der Waals surface area contributed by atoms with E-state index in [1.165, 1.54) is 17.0 Å². The summed E-state index contributed by atoms with van der Waals surface area (Å²) in [7, 11) is 0. The molecule has 0 bridgehead atoms. The molecule has 1 fully saturated rings. The fourth-order valence-electron chi connectivity index (χ4n) is 3.74. The van der Waals surface area contributed by atoms with Crippen LogP contribution in [0.15, 0.2) is 54.1 Å². The van der Waals surface area contributed by atoms with E-state index in [-0.39, 0.29) is 17.1 Å². The molecule has 0 spiro atoms. The van der Waals surface area contributed by atoms with Crippen LogP contribution in [0.3, 0.4) is 0 Å². The summed E-state index contributed by atoms with van der Waals surface area (Å²) in [6.07, 6.45) is 2.65. The first-order valence-electron chi connectivity index (χ1n) is 10.3. The van der Waals surface area contributed by atoms with Crippen molar-refractivity contribution in [1.82, 2.24) is 4.90 Å². The first-order valence-corrected chi connectivity index (χ1v) is 10.3. The Bertz CT molecular complexity index is 966. The normalized spacial score (nSPS) is 18.1. The largest absolute Gasteiger partial charge is 0.508 e. The summed E-state index contributed by atoms with van der Waals surface area (Å²) in [6.45, 7) is 4.78. The number of aromatic hydroxyl groups is 1. The molecule has 30 heavy (non-hydrogen) atoms. The van der Waals surface area contributed by atoms with Crippen molar-refractivity contribution in [3.05, 3.63) is 65.2 Å². The lowest BCUT2D eigenvalue weighted by Gasteiger charge is -2.25. The van der Waals surface area contributed by atoms with Gasteiger partial charge in [0, 0.05) is 12.1 Å². The lowest BCUT2D eigenvalue weighted by atomic mass is 9.95. The van der Waals surface area contributed by atoms with Gasteiger partial charge in [-0.3, -0.25) is 9.59 Å². The smallest absolute Gasteiger partial charge is 0.295 e. The van der Waals surface area contributed by atoms with Crippen molar-refractivity contribution in [2.45, 2.75) is 39.2 Å². The van der Waals surface area contributed by atoms with Crippen molar-refractivity contribution in [2.75, 3.05) is 13.2 Å². The van der Waals surface area contributed by atoms with E-state index in [2.05, 4.69) is 6.92 Å². The molecule has 1 heterocycles. The Morgan fingerprint density at radius 3 is 2.53 bits per heavy atom. The number of likely N-dealkylation sites (tertiary alicyclic amines) is 1. The van der Waals surface area contributed by atoms with Crippen LogP contribution in [0.2, 0.25) is 0 Å². The molecular weight excluding hydrogens is 382 g/mol. The summed E-state index contributed by atoms with van der Waals surface area (Å²) < 4.78 is 5.49. The van der Waals surface area contributed by atoms with Gasteiger partial charge in [-0.15, -0.1) is 0 Å². The number of aliphatic hydroxyl groups is 1. The number of phenols is 1. The zero-order chi connectivity index (χ0) is 21.7. The van der Waals surface area contributed by atoms with E-state index < -0.39 is 17.7 Å². The zero-order valence-corrected chi connectivity index (χ0v) is 17.3. The third-order valence-electron chi connectivity index (χ3n) is 5.15. The molecule has 6 heteroatoms. The Labute approximate surface area is 176 Å². The molecule has 0 aromatic heterocycles. The summed E-state index contributed by atoms with van der Waals surface area (Å²) in [5.74, 6) is -1.01. The minimum absolute atomic E-state index is 0.0238. The van der Waals surface area contributed by atoms with E-state index in [9.17, 15) is 19.8 Å². The number of aliphatic hydroxyl groups excluding tert-OH is 1. The van der Waals surface area contributed by atoms with Crippen LogP contribution in [-0.4, -0.2) is 40.0 Å². The SMILES string of the molecule is CCCCCN1C(=O)C(=O)/C(=C(\O)c2cccc(OCC)c2)C1c1cccc(O)c1. The summed E-state index contributed by atoms with van der Waals surface area (Å²) in [5, 5.41) is 21.0. The predicted molar refractivity (Wildman–Crippen MR) is 114 cm³/mol. The van der Waals surface area contributed by atoms with Crippen molar-refractivity contribution in [3.63, 3.8) is 0 Å². The average molecular weight is 409 g/mol. The molecule has 1 aliphatic rings. The first kappa shape index (κ1) is 21.4. The molecule has 1 aliphatic heterocycles. The minimum Gasteiger partial charge on any atom is -0.508 e. The van der Waals surface area contributed by atoms with Gasteiger partial charge in [0.1, 0.15) is 17.3 Å². The standard InChI is InChI=1S/C24H27NO5/c1-3-5-6-13-25-21(16-9-7-11-18(26)14-16)20(23(28)24(25)29)22(27)17-10-8-12-19(15-17)30-4-2/h7-12,14-15,21,26-27H,3-6,13H2,1-2H3/b22-20-. The van der Waals surface area contributed by atoms with Gasteiger partial charge in [-0.25, -0.2) is 0 Å². The highest BCUT2D eigenvalue weighted by Crippen LogP contribution is 2.40. The van der Waals surface area contributed by atoms with Crippen molar-refractivity contribution >= 4 is 17.4 Å². The third-order valence-corrected chi connectivity index (χ3v) is 5.15. The molecule has 0 aliphatic carbocycles. The van der Waals surface area contributed by atoms with Crippen molar-refractivity contribution in [1.29, 1.82) is 0 Å². The number of amides is 1. The lowest BCUT2D eigenvalue weighted by molar-refractivity contribution is -0.139. The summed E-state index contributed by atoms with van der Waals surface area (Å²) in [5.41, 5.74) is 1.00. The van der Waals surface area contributed by atoms with E-state index in [0.717, 1.165) is 19.3 Å². The minimum atomic E-state index is -0.760. The predicted octanol–water partition coefficient (Wildman–Crippen LogP) is 4.40. The van der Waals surface area contributed by atoms with Crippen LogP contribution in [0, 0.1) is 0 Å². The van der Waals surface area contributed by atoms with Crippen LogP contribution >= 0.6 is 0 Å². The molecule has 6 nitrogen and oxygen atoms in total. The van der Waals surface area contributed by atoms with Gasteiger partial charge in [-0.05, 0) is 43.2 Å². The highest BCUT2D eigenvalue weighted by molar-refractivity contribution is 6.46. The van der Waals surface area contributed by atoms with E-state index in [0.29, 0.717) is 30.0 Å². The fourth-order valence-corrected chi connectivity index (χ4v) is 3.74. The van der Waals surface area contributed by atoms with Gasteiger partial charge in [0.2, 0.25) is 0 Å². The lowest BCUT2D eigenvalue weighted by Crippen LogP contribution is -2.30. The van der Waals surface area contributed by atoms with Crippen molar-refractivity contribution in [3.8, 4) is 11.5 Å². The van der Waals surface area contributed by atoms with Crippen molar-refractivity contribution in [2.24, 2.45) is 0 Å². The second-order valence-electron chi connectivity index (χ2n) is 7.26. The summed E-state index contributed by atoms with van der Waals surface area (Å²) in [6, 6.07) is 12.5. The molecule has 1 unspecified atom stereocenters. The number of Topliss-reactive ketones (excluding diaryl/α,β-unsaturated/α-hetero) is 1. The molecular formula is C24H27NO5. The maximum Gasteiger partial charge on any atom is 0.295 e. The van der Waals surface area contributed by atoms with E-state index in [4.69, 9.17) is 4.74 Å². The molecule has 1 atom stereocenters. The third kappa shape index (κ3) is 4.32. The number of ketones is 1. The number of hydrogen-bond donors (Lipinski definition) is 2. The highest BCUT2D eigenvalue weighted by atomic mass is 16.5. The molecule has 0 radical (unpaired) electrons. The van der Waals surface area contributed by atoms with Gasteiger partial charge in [0.25, 0.3) is 11.7 Å². The fraction of sp³-hybridized carbons (Fsp3) is 0.333. The van der Waals surface area contributed by atoms with Crippen molar-refractivity contribution < 1.29 is 24.5 Å². The van der Waals surface area contributed by atoms with E-state index >= 15 is 0 Å². The number of benzene rings is 2. The quantitative estimate of drug-likeness (QED) is 0.292. The number of rotatable bonds is 8. The number of ether oxygens (including phenoxy) is 1. The van der Waals surface area contributed by atoms with Gasteiger partial charge in [0.15, 0.2) is 0 Å². The van der Waals surface area contributed by atoms with Gasteiger partial charge < -0.3 is 19.8 Å². The Kier molecular flexibility index (Phi) is 6.77. The Morgan fingerprint density at radius 2 is 1.83 bits per heavy atom. The van der Waals surface area contributed by atoms with Crippen LogP contribution in [-0.2, 0) is 9.59 Å². The molecule has 0 saturated carbocycles. The molecule has 158 valence electrons. The maximum absolute atomic E-state index is 12.9. The number of unbranched alkanes of at least 4 members (excludes halogenated alkanes) is 2. The van der Waals surface area contributed by atoms with E-state index in [1.807, 2.05) is 6.92 Å². The number of nitrogens with zero attached hydrogens (tertiary/aromatic N) is 1. The molecule has 2 aromatic carbocycles. The molecule has 3 rings (SSSR count). The number of phenolic OH excluding ortho intramolecular Hbond substituents is 1. The molecule has 2 aromatic rings. The van der Waals surface area contributed by atoms with Crippen LogP contribution in [0.25, 0.3) is 5.76 Å². The zero-order valence-electron chi connectivity index (χ0n) is 17.3. The second-order valence-corrected chi connectivity index (χ2v) is 7.26. The average Bonchev–Trinajstić information content (AvgIpc) is 2.99. The highest BCUT2D eigenvalue weighted by Gasteiger charge is 2.45. The molecule has 2 N–H and O–H groups in total. The number of carbonyl (C=O) groups is 2.